The Balaban J connectivity index is 2.81. The molecule has 5 nitrogen and oxygen atoms in total. The zero-order valence-corrected chi connectivity index (χ0v) is 13.1. The molecule has 0 aromatic heterocycles. The van der Waals surface area contributed by atoms with Crippen LogP contribution in [0.4, 0.5) is 0 Å². The fraction of sp³-hybridized carbons (Fsp3) is 0.462. The van der Waals surface area contributed by atoms with Crippen molar-refractivity contribution in [2.24, 2.45) is 0 Å². The summed E-state index contributed by atoms with van der Waals surface area (Å²) in [6.07, 6.45) is 1.24. The average Bonchev–Trinajstić information content (AvgIpc) is 2.42. The molecule has 1 rings (SSSR count). The van der Waals surface area contributed by atoms with Crippen LogP contribution in [0.3, 0.4) is 0 Å². The zero-order valence-electron chi connectivity index (χ0n) is 11.5. The molecule has 0 heterocycles. The third-order valence-electron chi connectivity index (χ3n) is 2.60. The third-order valence-corrected chi connectivity index (χ3v) is 5.44. The van der Waals surface area contributed by atoms with Crippen molar-refractivity contribution in [2.45, 2.75) is 41.7 Å². The molecule has 0 saturated heterocycles. The summed E-state index contributed by atoms with van der Waals surface area (Å²) in [5, 5.41) is 8.47. The van der Waals surface area contributed by atoms with Crippen LogP contribution in [0.2, 0.25) is 0 Å². The maximum Gasteiger partial charge on any atom is 0.316 e. The predicted molar refractivity (Wildman–Crippen MR) is 79.5 cm³/mol. The van der Waals surface area contributed by atoms with E-state index < -0.39 is 21.2 Å². The maximum atomic E-state index is 11.9. The Bertz CT molecular complexity index is 540. The van der Waals surface area contributed by atoms with Crippen LogP contribution in [0.1, 0.15) is 26.7 Å². The first-order valence-corrected chi connectivity index (χ1v) is 8.76. The molecule has 112 valence electrons. The fourth-order valence-electron chi connectivity index (χ4n) is 1.49. The van der Waals surface area contributed by atoms with Crippen LogP contribution >= 0.6 is 11.8 Å². The highest BCUT2D eigenvalue weighted by atomic mass is 32.2. The average molecular weight is 317 g/mol. The van der Waals surface area contributed by atoms with Gasteiger partial charge in [0.1, 0.15) is 5.25 Å². The van der Waals surface area contributed by atoms with Gasteiger partial charge in [0.05, 0.1) is 4.90 Å². The number of rotatable bonds is 8. The number of nitrogens with one attached hydrogen (secondary N) is 1. The van der Waals surface area contributed by atoms with E-state index in [0.29, 0.717) is 13.0 Å². The van der Waals surface area contributed by atoms with Crippen molar-refractivity contribution in [3.63, 3.8) is 0 Å². The van der Waals surface area contributed by atoms with Gasteiger partial charge in [-0.05, 0) is 37.1 Å². The molecule has 0 radical (unpaired) electrons. The summed E-state index contributed by atoms with van der Waals surface area (Å²) in [7, 11) is -3.47. The SMILES string of the molecule is CCCNS(=O)(=O)c1ccc(SC(CC)C(=O)O)cc1. The van der Waals surface area contributed by atoms with Crippen LogP contribution < -0.4 is 4.72 Å². The minimum Gasteiger partial charge on any atom is -0.480 e. The van der Waals surface area contributed by atoms with Crippen LogP contribution in [0.15, 0.2) is 34.1 Å². The Kier molecular flexibility index (Phi) is 6.51. The van der Waals surface area contributed by atoms with Crippen LogP contribution in [0, 0.1) is 0 Å². The van der Waals surface area contributed by atoms with Crippen molar-refractivity contribution in [3.8, 4) is 0 Å². The number of carbonyl (C=O) groups is 1. The number of thioether (sulfide) groups is 1. The van der Waals surface area contributed by atoms with E-state index in [1.165, 1.54) is 23.9 Å². The summed E-state index contributed by atoms with van der Waals surface area (Å²) in [5.74, 6) is -0.862. The van der Waals surface area contributed by atoms with Crippen LogP contribution in [0.5, 0.6) is 0 Å². The lowest BCUT2D eigenvalue weighted by molar-refractivity contribution is -0.136. The molecule has 20 heavy (non-hydrogen) atoms. The Morgan fingerprint density at radius 2 is 1.90 bits per heavy atom. The van der Waals surface area contributed by atoms with Crippen LogP contribution in [-0.2, 0) is 14.8 Å². The van der Waals surface area contributed by atoms with E-state index in [2.05, 4.69) is 4.72 Å². The van der Waals surface area contributed by atoms with E-state index in [0.717, 1.165) is 11.3 Å². The Labute approximate surface area is 123 Å². The minimum atomic E-state index is -3.47. The van der Waals surface area contributed by atoms with E-state index in [4.69, 9.17) is 5.11 Å². The van der Waals surface area contributed by atoms with Gasteiger partial charge in [-0.15, -0.1) is 11.8 Å². The first-order chi connectivity index (χ1) is 9.40. The molecule has 0 spiro atoms. The summed E-state index contributed by atoms with van der Waals surface area (Å²) in [6.45, 7) is 4.09. The van der Waals surface area contributed by atoms with Crippen molar-refractivity contribution in [1.29, 1.82) is 0 Å². The van der Waals surface area contributed by atoms with Crippen LogP contribution in [0.25, 0.3) is 0 Å². The second-order valence-electron chi connectivity index (χ2n) is 4.22. The Morgan fingerprint density at radius 1 is 1.30 bits per heavy atom. The highest BCUT2D eigenvalue weighted by Crippen LogP contribution is 2.26. The molecule has 1 atom stereocenters. The van der Waals surface area contributed by atoms with Crippen molar-refractivity contribution in [2.75, 3.05) is 6.54 Å². The molecule has 1 unspecified atom stereocenters. The van der Waals surface area contributed by atoms with Gasteiger partial charge in [-0.3, -0.25) is 4.79 Å². The maximum absolute atomic E-state index is 11.9. The molecule has 1 aromatic rings. The number of carboxylic acids is 1. The second-order valence-corrected chi connectivity index (χ2v) is 7.27. The van der Waals surface area contributed by atoms with Gasteiger partial charge in [-0.2, -0.15) is 0 Å². The smallest absolute Gasteiger partial charge is 0.316 e. The largest absolute Gasteiger partial charge is 0.480 e. The van der Waals surface area contributed by atoms with E-state index in [1.807, 2.05) is 6.92 Å². The quantitative estimate of drug-likeness (QED) is 0.719. The van der Waals surface area contributed by atoms with Gasteiger partial charge in [-0.1, -0.05) is 13.8 Å². The number of aliphatic carboxylic acids is 1. The standard InChI is InChI=1S/C13H19NO4S2/c1-3-9-14-20(17,18)11-7-5-10(6-8-11)19-12(4-2)13(15)16/h5-8,12,14H,3-4,9H2,1-2H3,(H,15,16). The van der Waals surface area contributed by atoms with Crippen molar-refractivity contribution in [1.82, 2.24) is 4.72 Å². The van der Waals surface area contributed by atoms with E-state index in [1.54, 1.807) is 19.1 Å². The lowest BCUT2D eigenvalue weighted by atomic mass is 10.3. The fourth-order valence-corrected chi connectivity index (χ4v) is 3.51. The lowest BCUT2D eigenvalue weighted by Gasteiger charge is -2.10. The predicted octanol–water partition coefficient (Wildman–Crippen LogP) is 2.33. The summed E-state index contributed by atoms with van der Waals surface area (Å²) < 4.78 is 26.2. The van der Waals surface area contributed by atoms with Gasteiger partial charge in [0.25, 0.3) is 0 Å². The van der Waals surface area contributed by atoms with Gasteiger partial charge >= 0.3 is 5.97 Å². The summed E-state index contributed by atoms with van der Waals surface area (Å²) >= 11 is 1.22. The van der Waals surface area contributed by atoms with Crippen molar-refractivity contribution >= 4 is 27.8 Å². The first-order valence-electron chi connectivity index (χ1n) is 6.40. The molecular formula is C13H19NO4S2. The molecule has 0 saturated carbocycles. The Hall–Kier alpha value is -1.05. The summed E-state index contributed by atoms with van der Waals surface area (Å²) in [4.78, 5) is 11.9. The molecule has 0 fully saturated rings. The molecule has 0 aliphatic heterocycles. The van der Waals surface area contributed by atoms with E-state index >= 15 is 0 Å². The van der Waals surface area contributed by atoms with Gasteiger partial charge in [-0.25, -0.2) is 13.1 Å². The number of carboxylic acid groups (broad SMARTS) is 1. The van der Waals surface area contributed by atoms with Gasteiger partial charge < -0.3 is 5.11 Å². The Morgan fingerprint density at radius 3 is 2.35 bits per heavy atom. The minimum absolute atomic E-state index is 0.193. The second kappa shape index (κ2) is 7.66. The molecule has 1 aromatic carbocycles. The number of hydrogen-bond acceptors (Lipinski definition) is 4. The third kappa shape index (κ3) is 4.81. The molecule has 0 aliphatic carbocycles. The summed E-state index contributed by atoms with van der Waals surface area (Å²) in [5.41, 5.74) is 0. The van der Waals surface area contributed by atoms with E-state index in [-0.39, 0.29) is 4.90 Å². The molecule has 0 bridgehead atoms. The highest BCUT2D eigenvalue weighted by Gasteiger charge is 2.17. The van der Waals surface area contributed by atoms with Crippen molar-refractivity contribution in [3.05, 3.63) is 24.3 Å². The number of benzene rings is 1. The van der Waals surface area contributed by atoms with Gasteiger partial charge in [0, 0.05) is 11.4 Å². The molecule has 0 amide bonds. The van der Waals surface area contributed by atoms with E-state index in [9.17, 15) is 13.2 Å². The topological polar surface area (TPSA) is 83.5 Å². The molecule has 7 heteroatoms. The van der Waals surface area contributed by atoms with Crippen molar-refractivity contribution < 1.29 is 18.3 Å². The molecule has 0 aliphatic rings. The molecule has 2 N–H and O–H groups in total. The lowest BCUT2D eigenvalue weighted by Crippen LogP contribution is -2.24. The summed E-state index contributed by atoms with van der Waals surface area (Å²) in [6, 6.07) is 6.26. The first kappa shape index (κ1) is 17.0. The van der Waals surface area contributed by atoms with Gasteiger partial charge in [0.2, 0.25) is 10.0 Å². The van der Waals surface area contributed by atoms with Crippen LogP contribution in [-0.4, -0.2) is 31.3 Å². The number of sulfonamides is 1. The zero-order chi connectivity index (χ0) is 15.2. The highest BCUT2D eigenvalue weighted by molar-refractivity contribution is 8.00. The normalized spacial score (nSPS) is 13.1. The van der Waals surface area contributed by atoms with Gasteiger partial charge in [0.15, 0.2) is 0 Å². The monoisotopic (exact) mass is 317 g/mol. The molecular weight excluding hydrogens is 298 g/mol. The number of hydrogen-bond donors (Lipinski definition) is 2.